The van der Waals surface area contributed by atoms with Crippen molar-refractivity contribution in [1.29, 1.82) is 0 Å². The SMILES string of the molecule is Cc1c(Cc2nccc3cc(CO)cnc23)cccc1-c1cccc(-c2nc3c(o2)CN(C(=O)CN(C)C)C3)c1C. The van der Waals surface area contributed by atoms with Gasteiger partial charge in [-0.05, 0) is 79.5 Å². The first kappa shape index (κ1) is 26.8. The van der Waals surface area contributed by atoms with E-state index in [1.54, 1.807) is 17.3 Å². The Hall–Kier alpha value is -4.40. The van der Waals surface area contributed by atoms with Crippen molar-refractivity contribution in [2.24, 2.45) is 0 Å². The maximum Gasteiger partial charge on any atom is 0.237 e. The summed E-state index contributed by atoms with van der Waals surface area (Å²) in [6.45, 7) is 5.52. The molecule has 0 saturated carbocycles. The highest BCUT2D eigenvalue weighted by Gasteiger charge is 2.29. The molecule has 2 aromatic carbocycles. The van der Waals surface area contributed by atoms with Crippen LogP contribution < -0.4 is 0 Å². The lowest BCUT2D eigenvalue weighted by Gasteiger charge is -2.18. The quantitative estimate of drug-likeness (QED) is 0.304. The number of aliphatic hydroxyl groups excluding tert-OH is 1. The van der Waals surface area contributed by atoms with Gasteiger partial charge in [-0.25, -0.2) is 4.98 Å². The van der Waals surface area contributed by atoms with Crippen molar-refractivity contribution in [3.8, 4) is 22.6 Å². The van der Waals surface area contributed by atoms with Crippen LogP contribution in [0.5, 0.6) is 0 Å². The van der Waals surface area contributed by atoms with E-state index in [0.717, 1.165) is 55.9 Å². The van der Waals surface area contributed by atoms with E-state index in [1.807, 2.05) is 43.3 Å². The van der Waals surface area contributed by atoms with Gasteiger partial charge in [0.25, 0.3) is 0 Å². The number of aliphatic hydroxyl groups is 1. The molecule has 208 valence electrons. The minimum Gasteiger partial charge on any atom is -0.439 e. The topological polar surface area (TPSA) is 95.6 Å². The molecule has 8 heteroatoms. The Morgan fingerprint density at radius 3 is 2.51 bits per heavy atom. The largest absolute Gasteiger partial charge is 0.439 e. The summed E-state index contributed by atoms with van der Waals surface area (Å²) in [5.74, 6) is 1.43. The van der Waals surface area contributed by atoms with E-state index in [1.165, 1.54) is 11.1 Å². The first-order valence-electron chi connectivity index (χ1n) is 13.8. The van der Waals surface area contributed by atoms with Gasteiger partial charge in [-0.1, -0.05) is 30.3 Å². The minimum atomic E-state index is -0.0365. The van der Waals surface area contributed by atoms with Crippen molar-refractivity contribution >= 4 is 16.8 Å². The molecule has 0 radical (unpaired) electrons. The summed E-state index contributed by atoms with van der Waals surface area (Å²) in [5, 5.41) is 10.5. The zero-order valence-electron chi connectivity index (χ0n) is 23.8. The monoisotopic (exact) mass is 547 g/mol. The average Bonchev–Trinajstić information content (AvgIpc) is 3.54. The van der Waals surface area contributed by atoms with E-state index in [2.05, 4.69) is 48.1 Å². The zero-order chi connectivity index (χ0) is 28.7. The first-order valence-corrected chi connectivity index (χ1v) is 13.8. The van der Waals surface area contributed by atoms with Gasteiger partial charge in [0.2, 0.25) is 11.8 Å². The molecule has 5 aromatic rings. The third kappa shape index (κ3) is 5.12. The number of amides is 1. The van der Waals surface area contributed by atoms with Gasteiger partial charge < -0.3 is 19.3 Å². The minimum absolute atomic E-state index is 0.0365. The Labute approximate surface area is 239 Å². The maximum atomic E-state index is 12.5. The number of oxazole rings is 1. The van der Waals surface area contributed by atoms with E-state index < -0.39 is 0 Å². The van der Waals surface area contributed by atoms with Crippen molar-refractivity contribution in [3.63, 3.8) is 0 Å². The molecule has 1 aliphatic heterocycles. The number of aromatic nitrogens is 3. The van der Waals surface area contributed by atoms with E-state index in [0.29, 0.717) is 31.9 Å². The molecule has 6 rings (SSSR count). The second-order valence-electron chi connectivity index (χ2n) is 11.0. The fraction of sp³-hybridized carbons (Fsp3) is 0.273. The van der Waals surface area contributed by atoms with Crippen LogP contribution in [0.1, 0.15) is 39.4 Å². The molecule has 0 bridgehead atoms. The summed E-state index contributed by atoms with van der Waals surface area (Å²) < 4.78 is 6.21. The van der Waals surface area contributed by atoms with E-state index in [-0.39, 0.29) is 12.5 Å². The fourth-order valence-corrected chi connectivity index (χ4v) is 5.59. The smallest absolute Gasteiger partial charge is 0.237 e. The molecule has 0 atom stereocenters. The van der Waals surface area contributed by atoms with Crippen LogP contribution >= 0.6 is 0 Å². The molecule has 0 fully saturated rings. The standard InChI is InChI=1S/C33H33N5O3/c1-20-23(14-28-32-24(11-12-34-28)13-22(19-39)15-35-32)7-5-8-25(20)26-9-6-10-27(21(26)2)33-36-29-16-38(17-30(29)41-33)31(40)18-37(3)4/h5-13,15,39H,14,16-19H2,1-4H3. The van der Waals surface area contributed by atoms with Crippen molar-refractivity contribution in [2.75, 3.05) is 20.6 Å². The maximum absolute atomic E-state index is 12.5. The van der Waals surface area contributed by atoms with Crippen LogP contribution in [-0.4, -0.2) is 56.4 Å². The lowest BCUT2D eigenvalue weighted by molar-refractivity contribution is -0.132. The van der Waals surface area contributed by atoms with E-state index in [9.17, 15) is 9.90 Å². The Morgan fingerprint density at radius 1 is 1.00 bits per heavy atom. The third-order valence-electron chi connectivity index (χ3n) is 7.83. The number of fused-ring (bicyclic) bond motifs is 2. The predicted octanol–water partition coefficient (Wildman–Crippen LogP) is 5.06. The predicted molar refractivity (Wildman–Crippen MR) is 158 cm³/mol. The van der Waals surface area contributed by atoms with Crippen LogP contribution in [-0.2, 0) is 30.9 Å². The Bertz CT molecular complexity index is 1750. The van der Waals surface area contributed by atoms with Gasteiger partial charge in [0, 0.05) is 29.8 Å². The van der Waals surface area contributed by atoms with Gasteiger partial charge in [0.15, 0.2) is 0 Å². The summed E-state index contributed by atoms with van der Waals surface area (Å²) in [4.78, 5) is 30.2. The van der Waals surface area contributed by atoms with Crippen LogP contribution in [0.2, 0.25) is 0 Å². The highest BCUT2D eigenvalue weighted by atomic mass is 16.4. The van der Waals surface area contributed by atoms with Crippen LogP contribution in [0.15, 0.2) is 65.3 Å². The molecule has 0 unspecified atom stereocenters. The number of carbonyl (C=O) groups excluding carboxylic acids is 1. The Morgan fingerprint density at radius 2 is 1.76 bits per heavy atom. The van der Waals surface area contributed by atoms with E-state index >= 15 is 0 Å². The fourth-order valence-electron chi connectivity index (χ4n) is 5.59. The van der Waals surface area contributed by atoms with Crippen molar-refractivity contribution in [3.05, 3.63) is 100 Å². The number of carbonyl (C=O) groups is 1. The van der Waals surface area contributed by atoms with Crippen molar-refractivity contribution in [1.82, 2.24) is 24.8 Å². The van der Waals surface area contributed by atoms with Crippen molar-refractivity contribution in [2.45, 2.75) is 40.0 Å². The van der Waals surface area contributed by atoms with Crippen LogP contribution in [0.25, 0.3) is 33.5 Å². The highest BCUT2D eigenvalue weighted by Crippen LogP contribution is 2.36. The third-order valence-corrected chi connectivity index (χ3v) is 7.83. The lowest BCUT2D eigenvalue weighted by Crippen LogP contribution is -2.34. The van der Waals surface area contributed by atoms with Gasteiger partial charge in [0.1, 0.15) is 11.5 Å². The summed E-state index contributed by atoms with van der Waals surface area (Å²) in [7, 11) is 3.78. The summed E-state index contributed by atoms with van der Waals surface area (Å²) in [6.07, 6.45) is 4.17. The van der Waals surface area contributed by atoms with E-state index in [4.69, 9.17) is 9.40 Å². The number of hydrogen-bond donors (Lipinski definition) is 1. The molecule has 1 amide bonds. The molecule has 1 aliphatic rings. The molecular weight excluding hydrogens is 514 g/mol. The molecular formula is C33H33N5O3. The first-order chi connectivity index (χ1) is 19.8. The molecule has 1 N–H and O–H groups in total. The number of nitrogens with zero attached hydrogens (tertiary/aromatic N) is 5. The number of pyridine rings is 2. The number of likely N-dealkylation sites (N-methyl/N-ethyl adjacent to an activating group) is 1. The normalized spacial score (nSPS) is 12.9. The van der Waals surface area contributed by atoms with Gasteiger partial charge in [0.05, 0.1) is 37.5 Å². The van der Waals surface area contributed by atoms with Crippen LogP contribution in [0, 0.1) is 13.8 Å². The lowest BCUT2D eigenvalue weighted by atomic mass is 9.90. The summed E-state index contributed by atoms with van der Waals surface area (Å²) in [5.41, 5.74) is 10.1. The number of benzene rings is 2. The average molecular weight is 548 g/mol. The van der Waals surface area contributed by atoms with Crippen LogP contribution in [0.3, 0.4) is 0 Å². The molecule has 0 aliphatic carbocycles. The highest BCUT2D eigenvalue weighted by molar-refractivity contribution is 5.82. The molecule has 4 heterocycles. The second-order valence-corrected chi connectivity index (χ2v) is 11.0. The van der Waals surface area contributed by atoms with Gasteiger partial charge in [-0.15, -0.1) is 0 Å². The van der Waals surface area contributed by atoms with Gasteiger partial charge in [-0.2, -0.15) is 0 Å². The number of rotatable bonds is 7. The summed E-state index contributed by atoms with van der Waals surface area (Å²) >= 11 is 0. The summed E-state index contributed by atoms with van der Waals surface area (Å²) in [6, 6.07) is 16.5. The van der Waals surface area contributed by atoms with Crippen molar-refractivity contribution < 1.29 is 14.3 Å². The second kappa shape index (κ2) is 10.9. The molecule has 41 heavy (non-hydrogen) atoms. The Kier molecular flexibility index (Phi) is 7.11. The Balaban J connectivity index is 1.29. The molecule has 3 aromatic heterocycles. The molecule has 0 spiro atoms. The van der Waals surface area contributed by atoms with Gasteiger partial charge in [-0.3, -0.25) is 14.8 Å². The molecule has 8 nitrogen and oxygen atoms in total. The van der Waals surface area contributed by atoms with Gasteiger partial charge >= 0.3 is 0 Å². The zero-order valence-corrected chi connectivity index (χ0v) is 23.8. The number of hydrogen-bond acceptors (Lipinski definition) is 7. The molecule has 0 saturated heterocycles. The van der Waals surface area contributed by atoms with Crippen LogP contribution in [0.4, 0.5) is 0 Å².